The maximum Gasteiger partial charge on any atom is 0.234 e. The van der Waals surface area contributed by atoms with Crippen LogP contribution in [0.25, 0.3) is 0 Å². The van der Waals surface area contributed by atoms with Crippen molar-refractivity contribution in [2.24, 2.45) is 0 Å². The zero-order valence-corrected chi connectivity index (χ0v) is 11.0. The molecule has 2 N–H and O–H groups in total. The number of methoxy groups -OCH3 is 1. The summed E-state index contributed by atoms with van der Waals surface area (Å²) in [6, 6.07) is 4.99. The Hall–Kier alpha value is -1.46. The normalized spacial score (nSPS) is 17.3. The summed E-state index contributed by atoms with van der Waals surface area (Å²) < 4.78 is 17.9. The van der Waals surface area contributed by atoms with Crippen LogP contribution >= 0.6 is 0 Å². The molecule has 1 aliphatic carbocycles. The standard InChI is InChI=1S/C14H19FN2O2/c1-19-7-6-16-14(18)9-17-13-5-2-10-8-11(15)3-4-12(10)13/h3-4,8,13,17H,2,5-7,9H2,1H3,(H,16,18). The topological polar surface area (TPSA) is 50.4 Å². The van der Waals surface area contributed by atoms with Gasteiger partial charge in [-0.1, -0.05) is 6.07 Å². The van der Waals surface area contributed by atoms with Crippen LogP contribution in [0.5, 0.6) is 0 Å². The molecule has 1 amide bonds. The lowest BCUT2D eigenvalue weighted by molar-refractivity contribution is -0.120. The number of carbonyl (C=O) groups is 1. The molecule has 0 radical (unpaired) electrons. The molecular weight excluding hydrogens is 247 g/mol. The Bertz CT molecular complexity index is 451. The number of fused-ring (bicyclic) bond motifs is 1. The lowest BCUT2D eigenvalue weighted by atomic mass is 10.1. The van der Waals surface area contributed by atoms with Crippen LogP contribution < -0.4 is 10.6 Å². The molecule has 0 heterocycles. The first-order valence-corrected chi connectivity index (χ1v) is 6.48. The van der Waals surface area contributed by atoms with Crippen molar-refractivity contribution >= 4 is 5.91 Å². The fourth-order valence-corrected chi connectivity index (χ4v) is 2.37. The van der Waals surface area contributed by atoms with Crippen molar-refractivity contribution in [3.63, 3.8) is 0 Å². The number of carbonyl (C=O) groups excluding carboxylic acids is 1. The molecule has 0 spiro atoms. The summed E-state index contributed by atoms with van der Waals surface area (Å²) in [5.41, 5.74) is 2.14. The third kappa shape index (κ3) is 3.75. The number of hydrogen-bond acceptors (Lipinski definition) is 3. The van der Waals surface area contributed by atoms with Crippen molar-refractivity contribution in [1.82, 2.24) is 10.6 Å². The van der Waals surface area contributed by atoms with Crippen molar-refractivity contribution < 1.29 is 13.9 Å². The van der Waals surface area contributed by atoms with Crippen LogP contribution in [0.2, 0.25) is 0 Å². The molecule has 104 valence electrons. The Morgan fingerprint density at radius 3 is 3.16 bits per heavy atom. The monoisotopic (exact) mass is 266 g/mol. The maximum atomic E-state index is 13.1. The number of amides is 1. The van der Waals surface area contributed by atoms with Crippen molar-refractivity contribution in [3.8, 4) is 0 Å². The molecule has 1 atom stereocenters. The van der Waals surface area contributed by atoms with E-state index in [0.29, 0.717) is 13.2 Å². The van der Waals surface area contributed by atoms with Crippen molar-refractivity contribution in [1.29, 1.82) is 0 Å². The van der Waals surface area contributed by atoms with E-state index in [2.05, 4.69) is 10.6 Å². The molecule has 1 aromatic rings. The van der Waals surface area contributed by atoms with Gasteiger partial charge in [-0.05, 0) is 36.1 Å². The van der Waals surface area contributed by atoms with E-state index in [-0.39, 0.29) is 24.3 Å². The van der Waals surface area contributed by atoms with Crippen LogP contribution in [0.3, 0.4) is 0 Å². The fourth-order valence-electron chi connectivity index (χ4n) is 2.37. The highest BCUT2D eigenvalue weighted by Crippen LogP contribution is 2.31. The minimum atomic E-state index is -0.197. The fraction of sp³-hybridized carbons (Fsp3) is 0.500. The summed E-state index contributed by atoms with van der Waals surface area (Å²) >= 11 is 0. The summed E-state index contributed by atoms with van der Waals surface area (Å²) in [5.74, 6) is -0.246. The van der Waals surface area contributed by atoms with Gasteiger partial charge in [-0.25, -0.2) is 4.39 Å². The van der Waals surface area contributed by atoms with Gasteiger partial charge < -0.3 is 15.4 Å². The van der Waals surface area contributed by atoms with Crippen LogP contribution in [-0.2, 0) is 16.0 Å². The van der Waals surface area contributed by atoms with Gasteiger partial charge in [-0.3, -0.25) is 4.79 Å². The number of aryl methyl sites for hydroxylation is 1. The number of hydrogen-bond donors (Lipinski definition) is 2. The number of rotatable bonds is 6. The summed E-state index contributed by atoms with van der Waals surface area (Å²) in [5, 5.41) is 5.96. The van der Waals surface area contributed by atoms with Crippen LogP contribution in [0.15, 0.2) is 18.2 Å². The summed E-state index contributed by atoms with van der Waals surface area (Å²) in [6.45, 7) is 1.30. The van der Waals surface area contributed by atoms with Crippen molar-refractivity contribution in [3.05, 3.63) is 35.1 Å². The van der Waals surface area contributed by atoms with Gasteiger partial charge >= 0.3 is 0 Å². The third-order valence-electron chi connectivity index (χ3n) is 3.32. The molecule has 0 aliphatic heterocycles. The molecule has 19 heavy (non-hydrogen) atoms. The lowest BCUT2D eigenvalue weighted by Gasteiger charge is -2.14. The van der Waals surface area contributed by atoms with E-state index in [4.69, 9.17) is 4.74 Å². The van der Waals surface area contributed by atoms with Gasteiger partial charge in [0.05, 0.1) is 13.2 Å². The molecule has 0 fully saturated rings. The average Bonchev–Trinajstić information content (AvgIpc) is 2.79. The van der Waals surface area contributed by atoms with Crippen LogP contribution in [0, 0.1) is 5.82 Å². The molecule has 1 aromatic carbocycles. The van der Waals surface area contributed by atoms with Gasteiger partial charge in [0.1, 0.15) is 5.82 Å². The molecule has 2 rings (SSSR count). The number of benzene rings is 1. The predicted octanol–water partition coefficient (Wildman–Crippen LogP) is 1.17. The summed E-state index contributed by atoms with van der Waals surface area (Å²) in [4.78, 5) is 11.6. The number of nitrogens with one attached hydrogen (secondary N) is 2. The minimum Gasteiger partial charge on any atom is -0.383 e. The van der Waals surface area contributed by atoms with E-state index in [0.717, 1.165) is 24.0 Å². The zero-order chi connectivity index (χ0) is 13.7. The average molecular weight is 266 g/mol. The van der Waals surface area contributed by atoms with Crippen molar-refractivity contribution in [2.45, 2.75) is 18.9 Å². The zero-order valence-electron chi connectivity index (χ0n) is 11.0. The van der Waals surface area contributed by atoms with Gasteiger partial charge in [0.15, 0.2) is 0 Å². The quantitative estimate of drug-likeness (QED) is 0.760. The van der Waals surface area contributed by atoms with Crippen LogP contribution in [0.1, 0.15) is 23.6 Å². The minimum absolute atomic E-state index is 0.0485. The Labute approximate surface area is 112 Å². The molecule has 5 heteroatoms. The van der Waals surface area contributed by atoms with Gasteiger partial charge in [-0.15, -0.1) is 0 Å². The highest BCUT2D eigenvalue weighted by Gasteiger charge is 2.22. The molecule has 4 nitrogen and oxygen atoms in total. The van der Waals surface area contributed by atoms with E-state index in [1.54, 1.807) is 19.2 Å². The van der Waals surface area contributed by atoms with Crippen LogP contribution in [0.4, 0.5) is 4.39 Å². The first-order chi connectivity index (χ1) is 9.20. The molecule has 0 bridgehead atoms. The molecule has 0 saturated heterocycles. The summed E-state index contributed by atoms with van der Waals surface area (Å²) in [7, 11) is 1.60. The first kappa shape index (κ1) is 14.0. The third-order valence-corrected chi connectivity index (χ3v) is 3.32. The van der Waals surface area contributed by atoms with Gasteiger partial charge in [0.2, 0.25) is 5.91 Å². The summed E-state index contributed by atoms with van der Waals surface area (Å²) in [6.07, 6.45) is 1.76. The maximum absolute atomic E-state index is 13.1. The second-order valence-corrected chi connectivity index (χ2v) is 4.66. The second kappa shape index (κ2) is 6.63. The SMILES string of the molecule is COCCNC(=O)CNC1CCc2cc(F)ccc21. The highest BCUT2D eigenvalue weighted by molar-refractivity contribution is 5.78. The van der Waals surface area contributed by atoms with E-state index >= 15 is 0 Å². The Balaban J connectivity index is 1.81. The highest BCUT2D eigenvalue weighted by atomic mass is 19.1. The van der Waals surface area contributed by atoms with E-state index in [1.807, 2.05) is 0 Å². The molecular formula is C14H19FN2O2. The van der Waals surface area contributed by atoms with E-state index in [9.17, 15) is 9.18 Å². The first-order valence-electron chi connectivity index (χ1n) is 6.48. The molecule has 0 aromatic heterocycles. The lowest BCUT2D eigenvalue weighted by Crippen LogP contribution is -2.36. The largest absolute Gasteiger partial charge is 0.383 e. The Morgan fingerprint density at radius 1 is 1.53 bits per heavy atom. The Kier molecular flexibility index (Phi) is 4.87. The van der Waals surface area contributed by atoms with Gasteiger partial charge in [0.25, 0.3) is 0 Å². The molecule has 1 aliphatic rings. The predicted molar refractivity (Wildman–Crippen MR) is 70.4 cm³/mol. The molecule has 0 saturated carbocycles. The van der Waals surface area contributed by atoms with E-state index < -0.39 is 0 Å². The number of halogens is 1. The molecule has 1 unspecified atom stereocenters. The van der Waals surface area contributed by atoms with Crippen molar-refractivity contribution in [2.75, 3.05) is 26.8 Å². The second-order valence-electron chi connectivity index (χ2n) is 4.66. The van der Waals surface area contributed by atoms with E-state index in [1.165, 1.54) is 6.07 Å². The van der Waals surface area contributed by atoms with Crippen LogP contribution in [-0.4, -0.2) is 32.7 Å². The Morgan fingerprint density at radius 2 is 2.37 bits per heavy atom. The van der Waals surface area contributed by atoms with Gasteiger partial charge in [-0.2, -0.15) is 0 Å². The van der Waals surface area contributed by atoms with Gasteiger partial charge in [0, 0.05) is 19.7 Å². The smallest absolute Gasteiger partial charge is 0.234 e. The number of ether oxygens (including phenoxy) is 1.